The molecule has 0 spiro atoms. The van der Waals surface area contributed by atoms with Crippen molar-refractivity contribution in [3.05, 3.63) is 24.3 Å². The lowest BCUT2D eigenvalue weighted by Crippen LogP contribution is -2.16. The second-order valence-electron chi connectivity index (χ2n) is 5.65. The monoisotopic (exact) mass is 305 g/mol. The summed E-state index contributed by atoms with van der Waals surface area (Å²) >= 11 is 0. The summed E-state index contributed by atoms with van der Waals surface area (Å²) in [5, 5.41) is 12.1. The maximum absolute atomic E-state index is 11.7. The van der Waals surface area contributed by atoms with E-state index >= 15 is 0 Å². The molecule has 0 aliphatic carbocycles. The van der Waals surface area contributed by atoms with Crippen LogP contribution < -0.4 is 5.32 Å². The molecular weight excluding hydrogens is 278 g/mol. The number of nitrogens with one attached hydrogen (secondary N) is 1. The van der Waals surface area contributed by atoms with E-state index in [2.05, 4.69) is 12.2 Å². The highest BCUT2D eigenvalue weighted by Crippen LogP contribution is 2.21. The summed E-state index contributed by atoms with van der Waals surface area (Å²) in [6.45, 7) is 2.19. The number of hydrogen-bond donors (Lipinski definition) is 2. The first kappa shape index (κ1) is 18.2. The Morgan fingerprint density at radius 3 is 2.32 bits per heavy atom. The topological polar surface area (TPSA) is 66.4 Å². The van der Waals surface area contributed by atoms with Crippen molar-refractivity contribution in [2.75, 3.05) is 5.32 Å². The summed E-state index contributed by atoms with van der Waals surface area (Å²) in [4.78, 5) is 23.5. The van der Waals surface area contributed by atoms with Gasteiger partial charge in [0.15, 0.2) is 0 Å². The van der Waals surface area contributed by atoms with Crippen LogP contribution >= 0.6 is 0 Å². The molecule has 4 heteroatoms. The van der Waals surface area contributed by atoms with Gasteiger partial charge in [0.2, 0.25) is 5.91 Å². The fourth-order valence-corrected chi connectivity index (χ4v) is 2.32. The van der Waals surface area contributed by atoms with E-state index in [1.54, 1.807) is 18.2 Å². The van der Waals surface area contributed by atoms with Gasteiger partial charge in [0, 0.05) is 6.42 Å². The van der Waals surface area contributed by atoms with Crippen molar-refractivity contribution in [3.8, 4) is 5.75 Å². The van der Waals surface area contributed by atoms with Crippen molar-refractivity contribution in [2.45, 2.75) is 64.7 Å². The van der Waals surface area contributed by atoms with Crippen molar-refractivity contribution in [1.82, 2.24) is 0 Å². The SMILES string of the molecule is CCCCCCCCCC(=O)CC(=O)Nc1ccccc1O. The summed E-state index contributed by atoms with van der Waals surface area (Å²) in [6.07, 6.45) is 8.44. The molecule has 122 valence electrons. The third-order valence-electron chi connectivity index (χ3n) is 3.60. The fourth-order valence-electron chi connectivity index (χ4n) is 2.32. The molecule has 2 N–H and O–H groups in total. The molecule has 0 unspecified atom stereocenters. The number of aromatic hydroxyl groups is 1. The zero-order valence-corrected chi connectivity index (χ0v) is 13.4. The Balaban J connectivity index is 2.14. The van der Waals surface area contributed by atoms with Gasteiger partial charge in [0.1, 0.15) is 11.5 Å². The van der Waals surface area contributed by atoms with Gasteiger partial charge < -0.3 is 10.4 Å². The van der Waals surface area contributed by atoms with Crippen LogP contribution in [-0.4, -0.2) is 16.8 Å². The third kappa shape index (κ3) is 7.81. The predicted octanol–water partition coefficient (Wildman–Crippen LogP) is 4.43. The zero-order valence-electron chi connectivity index (χ0n) is 13.4. The average Bonchev–Trinajstić information content (AvgIpc) is 2.48. The molecule has 0 saturated heterocycles. The minimum atomic E-state index is -0.366. The smallest absolute Gasteiger partial charge is 0.231 e. The van der Waals surface area contributed by atoms with Crippen LogP contribution in [0.3, 0.4) is 0 Å². The Labute approximate surface area is 132 Å². The van der Waals surface area contributed by atoms with Gasteiger partial charge in [-0.1, -0.05) is 57.6 Å². The number of rotatable bonds is 11. The normalized spacial score (nSPS) is 10.4. The Bertz CT molecular complexity index is 471. The Hall–Kier alpha value is -1.84. The number of unbranched alkanes of at least 4 members (excludes halogenated alkanes) is 6. The van der Waals surface area contributed by atoms with Gasteiger partial charge in [-0.15, -0.1) is 0 Å². The number of carbonyl (C=O) groups is 2. The number of Topliss-reactive ketones (excluding diaryl/α,β-unsaturated/α-hetero) is 1. The quantitative estimate of drug-likeness (QED) is 0.361. The summed E-state index contributed by atoms with van der Waals surface area (Å²) in [5.41, 5.74) is 0.344. The van der Waals surface area contributed by atoms with Crippen LogP contribution in [0.2, 0.25) is 0 Å². The van der Waals surface area contributed by atoms with E-state index in [-0.39, 0.29) is 23.9 Å². The molecule has 0 aromatic heterocycles. The van der Waals surface area contributed by atoms with Crippen LogP contribution in [-0.2, 0) is 9.59 Å². The molecule has 1 amide bonds. The van der Waals surface area contributed by atoms with E-state index in [1.807, 2.05) is 0 Å². The first-order valence-electron chi connectivity index (χ1n) is 8.23. The third-order valence-corrected chi connectivity index (χ3v) is 3.60. The Morgan fingerprint density at radius 2 is 1.64 bits per heavy atom. The van der Waals surface area contributed by atoms with E-state index in [0.717, 1.165) is 19.3 Å². The molecule has 0 radical (unpaired) electrons. The second-order valence-corrected chi connectivity index (χ2v) is 5.65. The number of amides is 1. The van der Waals surface area contributed by atoms with Crippen LogP contribution in [0.1, 0.15) is 64.7 Å². The highest BCUT2D eigenvalue weighted by Gasteiger charge is 2.11. The van der Waals surface area contributed by atoms with Gasteiger partial charge in [-0.25, -0.2) is 0 Å². The fraction of sp³-hybridized carbons (Fsp3) is 0.556. The van der Waals surface area contributed by atoms with Crippen molar-refractivity contribution in [2.24, 2.45) is 0 Å². The minimum Gasteiger partial charge on any atom is -0.506 e. The summed E-state index contributed by atoms with van der Waals surface area (Å²) in [5.74, 6) is -0.397. The van der Waals surface area contributed by atoms with Crippen molar-refractivity contribution in [3.63, 3.8) is 0 Å². The lowest BCUT2D eigenvalue weighted by atomic mass is 10.1. The maximum atomic E-state index is 11.7. The van der Waals surface area contributed by atoms with Gasteiger partial charge in [0.25, 0.3) is 0 Å². The molecule has 1 rings (SSSR count). The number of anilines is 1. The van der Waals surface area contributed by atoms with Crippen molar-refractivity contribution in [1.29, 1.82) is 0 Å². The van der Waals surface area contributed by atoms with Crippen LogP contribution in [0.25, 0.3) is 0 Å². The highest BCUT2D eigenvalue weighted by molar-refractivity contribution is 6.04. The number of phenols is 1. The average molecular weight is 305 g/mol. The van der Waals surface area contributed by atoms with Crippen molar-refractivity contribution >= 4 is 17.4 Å². The van der Waals surface area contributed by atoms with E-state index in [4.69, 9.17) is 0 Å². The first-order valence-corrected chi connectivity index (χ1v) is 8.23. The van der Waals surface area contributed by atoms with E-state index in [1.165, 1.54) is 31.7 Å². The summed E-state index contributed by atoms with van der Waals surface area (Å²) in [7, 11) is 0. The van der Waals surface area contributed by atoms with E-state index in [0.29, 0.717) is 12.1 Å². The number of para-hydroxylation sites is 2. The lowest BCUT2D eigenvalue weighted by molar-refractivity contribution is -0.125. The maximum Gasteiger partial charge on any atom is 0.231 e. The molecule has 1 aromatic rings. The van der Waals surface area contributed by atoms with Gasteiger partial charge in [-0.05, 0) is 18.6 Å². The molecule has 0 bridgehead atoms. The largest absolute Gasteiger partial charge is 0.506 e. The minimum absolute atomic E-state index is 0.00961. The van der Waals surface area contributed by atoms with Crippen LogP contribution in [0.4, 0.5) is 5.69 Å². The molecule has 4 nitrogen and oxygen atoms in total. The highest BCUT2D eigenvalue weighted by atomic mass is 16.3. The van der Waals surface area contributed by atoms with E-state index < -0.39 is 0 Å². The molecule has 1 aromatic carbocycles. The molecule has 22 heavy (non-hydrogen) atoms. The molecule has 0 aliphatic rings. The van der Waals surface area contributed by atoms with Gasteiger partial charge >= 0.3 is 0 Å². The molecule has 0 saturated carbocycles. The summed E-state index contributed by atoms with van der Waals surface area (Å²) < 4.78 is 0. The number of phenolic OH excluding ortho intramolecular Hbond substituents is 1. The van der Waals surface area contributed by atoms with Crippen LogP contribution in [0.15, 0.2) is 24.3 Å². The molecule has 0 fully saturated rings. The predicted molar refractivity (Wildman–Crippen MR) is 89.0 cm³/mol. The van der Waals surface area contributed by atoms with Gasteiger partial charge in [-0.2, -0.15) is 0 Å². The lowest BCUT2D eigenvalue weighted by Gasteiger charge is -2.06. The van der Waals surface area contributed by atoms with Gasteiger partial charge in [0.05, 0.1) is 12.1 Å². The number of benzene rings is 1. The number of carbonyl (C=O) groups excluding carboxylic acids is 2. The Morgan fingerprint density at radius 1 is 1.00 bits per heavy atom. The number of hydrogen-bond acceptors (Lipinski definition) is 3. The molecule has 0 aliphatic heterocycles. The standard InChI is InChI=1S/C18H27NO3/c1-2-3-4-5-6-7-8-11-15(20)14-18(22)19-16-12-9-10-13-17(16)21/h9-10,12-13,21H,2-8,11,14H2,1H3,(H,19,22). The molecule has 0 atom stereocenters. The second kappa shape index (κ2) is 10.8. The first-order chi connectivity index (χ1) is 10.6. The zero-order chi connectivity index (χ0) is 16.2. The molecular formula is C18H27NO3. The van der Waals surface area contributed by atoms with Crippen LogP contribution in [0.5, 0.6) is 5.75 Å². The summed E-state index contributed by atoms with van der Waals surface area (Å²) in [6, 6.07) is 6.50. The van der Waals surface area contributed by atoms with Gasteiger partial charge in [-0.3, -0.25) is 9.59 Å². The Kier molecular flexibility index (Phi) is 8.96. The van der Waals surface area contributed by atoms with Crippen molar-refractivity contribution < 1.29 is 14.7 Å². The molecule has 0 heterocycles. The van der Waals surface area contributed by atoms with Crippen LogP contribution in [0, 0.1) is 0 Å². The number of ketones is 1. The van der Waals surface area contributed by atoms with E-state index in [9.17, 15) is 14.7 Å².